The number of carbonyl (C=O) groups is 4. The lowest BCUT2D eigenvalue weighted by molar-refractivity contribution is -0.152. The molecule has 2 aromatic carbocycles. The lowest BCUT2D eigenvalue weighted by atomic mass is 10.1. The normalized spacial score (nSPS) is 15.4. The highest BCUT2D eigenvalue weighted by atomic mass is 79.9. The van der Waals surface area contributed by atoms with E-state index in [9.17, 15) is 19.2 Å². The van der Waals surface area contributed by atoms with Crippen molar-refractivity contribution in [2.45, 2.75) is 6.42 Å². The Hall–Kier alpha value is -3.40. The zero-order valence-corrected chi connectivity index (χ0v) is 18.2. The van der Waals surface area contributed by atoms with Crippen LogP contribution in [-0.4, -0.2) is 44.0 Å². The summed E-state index contributed by atoms with van der Waals surface area (Å²) < 4.78 is 10.9. The summed E-state index contributed by atoms with van der Waals surface area (Å²) in [6.07, 6.45) is -0.00716. The van der Waals surface area contributed by atoms with Gasteiger partial charge in [-0.2, -0.15) is 0 Å². The Bertz CT molecular complexity index is 978. The van der Waals surface area contributed by atoms with E-state index >= 15 is 0 Å². The van der Waals surface area contributed by atoms with Gasteiger partial charge in [0.2, 0.25) is 5.91 Å². The van der Waals surface area contributed by atoms with Crippen molar-refractivity contribution in [3.8, 4) is 5.75 Å². The van der Waals surface area contributed by atoms with Crippen molar-refractivity contribution in [3.05, 3.63) is 58.6 Å². The highest BCUT2D eigenvalue weighted by molar-refractivity contribution is 9.10. The quantitative estimate of drug-likeness (QED) is 0.472. The molecule has 0 aliphatic carbocycles. The van der Waals surface area contributed by atoms with E-state index < -0.39 is 30.3 Å². The van der Waals surface area contributed by atoms with Crippen LogP contribution in [0.25, 0.3) is 0 Å². The number of hydrazine groups is 1. The third-order valence-corrected chi connectivity index (χ3v) is 5.14. The first-order valence-corrected chi connectivity index (χ1v) is 10.1. The van der Waals surface area contributed by atoms with E-state index in [0.29, 0.717) is 17.0 Å². The van der Waals surface area contributed by atoms with Gasteiger partial charge >= 0.3 is 5.97 Å². The molecule has 3 rings (SSSR count). The minimum absolute atomic E-state index is 0.00716. The maximum absolute atomic E-state index is 12.3. The van der Waals surface area contributed by atoms with Gasteiger partial charge in [0.05, 0.1) is 13.0 Å². The van der Waals surface area contributed by atoms with E-state index in [0.717, 1.165) is 4.47 Å². The Morgan fingerprint density at radius 2 is 1.74 bits per heavy atom. The number of esters is 1. The summed E-state index contributed by atoms with van der Waals surface area (Å²) >= 11 is 3.27. The molecule has 0 aromatic heterocycles. The van der Waals surface area contributed by atoms with Crippen LogP contribution in [0.1, 0.15) is 16.8 Å². The van der Waals surface area contributed by atoms with Crippen molar-refractivity contribution in [1.82, 2.24) is 10.9 Å². The SMILES string of the molecule is COc1ccc(N2C[C@@H](C(=O)OCC(=O)NNC(=O)c3ccc(Br)cc3)CC2=O)cc1. The van der Waals surface area contributed by atoms with Crippen molar-refractivity contribution >= 4 is 45.3 Å². The molecule has 1 atom stereocenters. The molecule has 9 nitrogen and oxygen atoms in total. The Balaban J connectivity index is 1.44. The lowest BCUT2D eigenvalue weighted by Gasteiger charge is -2.17. The van der Waals surface area contributed by atoms with E-state index in [4.69, 9.17) is 9.47 Å². The number of carbonyl (C=O) groups excluding carboxylic acids is 4. The second-order valence-electron chi connectivity index (χ2n) is 6.72. The van der Waals surface area contributed by atoms with Crippen LogP contribution < -0.4 is 20.5 Å². The lowest BCUT2D eigenvalue weighted by Crippen LogP contribution is -2.43. The van der Waals surface area contributed by atoms with Gasteiger partial charge in [0.15, 0.2) is 6.61 Å². The second-order valence-corrected chi connectivity index (χ2v) is 7.64. The third kappa shape index (κ3) is 5.82. The van der Waals surface area contributed by atoms with Gasteiger partial charge in [-0.1, -0.05) is 15.9 Å². The number of rotatable bonds is 6. The number of benzene rings is 2. The van der Waals surface area contributed by atoms with Gasteiger partial charge in [-0.15, -0.1) is 0 Å². The molecular formula is C21H20BrN3O6. The molecule has 0 saturated carbocycles. The average Bonchev–Trinajstić information content (AvgIpc) is 3.18. The number of amides is 3. The van der Waals surface area contributed by atoms with Gasteiger partial charge in [-0.25, -0.2) is 0 Å². The van der Waals surface area contributed by atoms with Crippen LogP contribution >= 0.6 is 15.9 Å². The Labute approximate surface area is 186 Å². The van der Waals surface area contributed by atoms with Crippen LogP contribution in [0, 0.1) is 5.92 Å². The van der Waals surface area contributed by atoms with Crippen molar-refractivity contribution < 1.29 is 28.7 Å². The average molecular weight is 490 g/mol. The van der Waals surface area contributed by atoms with E-state index in [2.05, 4.69) is 26.8 Å². The largest absolute Gasteiger partial charge is 0.497 e. The Morgan fingerprint density at radius 1 is 1.06 bits per heavy atom. The number of anilines is 1. The van der Waals surface area contributed by atoms with Gasteiger partial charge in [0, 0.05) is 28.7 Å². The van der Waals surface area contributed by atoms with Crippen LogP contribution in [0.2, 0.25) is 0 Å². The maximum Gasteiger partial charge on any atom is 0.311 e. The summed E-state index contributed by atoms with van der Waals surface area (Å²) in [6.45, 7) is -0.418. The number of methoxy groups -OCH3 is 1. The van der Waals surface area contributed by atoms with Gasteiger partial charge in [0.1, 0.15) is 5.75 Å². The van der Waals surface area contributed by atoms with E-state index in [1.807, 2.05) is 0 Å². The minimum atomic E-state index is -0.699. The number of hydrogen-bond donors (Lipinski definition) is 2. The Morgan fingerprint density at radius 3 is 2.39 bits per heavy atom. The number of nitrogens with one attached hydrogen (secondary N) is 2. The molecule has 1 saturated heterocycles. The standard InChI is InChI=1S/C21H20BrN3O6/c1-30-17-8-6-16(7-9-17)25-11-14(10-19(25)27)21(29)31-12-18(26)23-24-20(28)13-2-4-15(22)5-3-13/h2-9,14H,10-12H2,1H3,(H,23,26)(H,24,28)/t14-/m0/s1. The zero-order chi connectivity index (χ0) is 22.4. The summed E-state index contributed by atoms with van der Waals surface area (Å²) in [5.41, 5.74) is 5.42. The molecule has 1 heterocycles. The molecule has 0 unspecified atom stereocenters. The first kappa shape index (κ1) is 22.3. The smallest absolute Gasteiger partial charge is 0.311 e. The van der Waals surface area contributed by atoms with E-state index in [1.54, 1.807) is 55.6 Å². The van der Waals surface area contributed by atoms with Crippen LogP contribution in [-0.2, 0) is 19.1 Å². The number of nitrogens with zero attached hydrogens (tertiary/aromatic N) is 1. The van der Waals surface area contributed by atoms with Crippen LogP contribution in [0.3, 0.4) is 0 Å². The van der Waals surface area contributed by atoms with Gasteiger partial charge in [-0.3, -0.25) is 30.0 Å². The zero-order valence-electron chi connectivity index (χ0n) is 16.6. The number of hydrogen-bond acceptors (Lipinski definition) is 6. The number of ether oxygens (including phenoxy) is 2. The first-order chi connectivity index (χ1) is 14.9. The van der Waals surface area contributed by atoms with E-state index in [-0.39, 0.29) is 18.9 Å². The van der Waals surface area contributed by atoms with Crippen LogP contribution in [0.5, 0.6) is 5.75 Å². The molecule has 162 valence electrons. The highest BCUT2D eigenvalue weighted by Gasteiger charge is 2.36. The summed E-state index contributed by atoms with van der Waals surface area (Å²) in [7, 11) is 1.55. The monoisotopic (exact) mass is 489 g/mol. The summed E-state index contributed by atoms with van der Waals surface area (Å²) in [5.74, 6) is -2.10. The summed E-state index contributed by atoms with van der Waals surface area (Å²) in [4.78, 5) is 49.9. The molecule has 2 aromatic rings. The highest BCUT2D eigenvalue weighted by Crippen LogP contribution is 2.27. The fraction of sp³-hybridized carbons (Fsp3) is 0.238. The van der Waals surface area contributed by atoms with Gasteiger partial charge in [-0.05, 0) is 48.5 Å². The number of halogens is 1. The first-order valence-electron chi connectivity index (χ1n) is 9.33. The minimum Gasteiger partial charge on any atom is -0.497 e. The molecule has 1 fully saturated rings. The van der Waals surface area contributed by atoms with Crippen molar-refractivity contribution in [3.63, 3.8) is 0 Å². The molecule has 1 aliphatic heterocycles. The fourth-order valence-corrected chi connectivity index (χ4v) is 3.23. The van der Waals surface area contributed by atoms with Crippen molar-refractivity contribution in [1.29, 1.82) is 0 Å². The molecular weight excluding hydrogens is 470 g/mol. The molecule has 0 radical (unpaired) electrons. The predicted octanol–water partition coefficient (Wildman–Crippen LogP) is 1.82. The summed E-state index contributed by atoms with van der Waals surface area (Å²) in [5, 5.41) is 0. The molecule has 2 N–H and O–H groups in total. The molecule has 10 heteroatoms. The Kier molecular flexibility index (Phi) is 7.24. The van der Waals surface area contributed by atoms with Crippen LogP contribution in [0.4, 0.5) is 5.69 Å². The molecule has 1 aliphatic rings. The van der Waals surface area contributed by atoms with Gasteiger partial charge < -0.3 is 14.4 Å². The maximum atomic E-state index is 12.3. The summed E-state index contributed by atoms with van der Waals surface area (Å²) in [6, 6.07) is 13.4. The van der Waals surface area contributed by atoms with Gasteiger partial charge in [0.25, 0.3) is 11.8 Å². The fourth-order valence-electron chi connectivity index (χ4n) is 2.97. The second kappa shape index (κ2) is 10.1. The van der Waals surface area contributed by atoms with Crippen LogP contribution in [0.15, 0.2) is 53.0 Å². The predicted molar refractivity (Wildman–Crippen MR) is 114 cm³/mol. The molecule has 3 amide bonds. The third-order valence-electron chi connectivity index (χ3n) is 4.61. The molecule has 31 heavy (non-hydrogen) atoms. The van der Waals surface area contributed by atoms with Crippen molar-refractivity contribution in [2.75, 3.05) is 25.2 Å². The van der Waals surface area contributed by atoms with Crippen molar-refractivity contribution in [2.24, 2.45) is 5.92 Å². The molecule has 0 spiro atoms. The van der Waals surface area contributed by atoms with E-state index in [1.165, 1.54) is 4.90 Å². The molecule has 0 bridgehead atoms. The topological polar surface area (TPSA) is 114 Å².